The minimum atomic E-state index is -0.618. The Morgan fingerprint density at radius 2 is 1.92 bits per heavy atom. The van der Waals surface area contributed by atoms with Gasteiger partial charge in [-0.2, -0.15) is 0 Å². The maximum Gasteiger partial charge on any atom is 0.220 e. The average molecular weight is 198 g/mol. The molecule has 0 aromatic carbocycles. The lowest BCUT2D eigenvalue weighted by molar-refractivity contribution is -0.873. The number of primary amides is 1. The van der Waals surface area contributed by atoms with Gasteiger partial charge >= 0.3 is 0 Å². The topological polar surface area (TPSA) is 63.3 Å². The summed E-state index contributed by atoms with van der Waals surface area (Å²) in [5.74, 6) is -0.453. The number of hydrogen-bond acceptors (Lipinski definition) is 2. The second kappa shape index (κ2) is 5.35. The standard InChI is InChI=1S/C7H16N2O2.ClH/c1-9(2,3)5-6(10)4-7(8)11;/h6,10H,4-5H2,1-3H3,(H-,8,11);1H/p+1. The number of quaternary nitrogens is 1. The van der Waals surface area contributed by atoms with Gasteiger partial charge in [-0.25, -0.2) is 0 Å². The number of amides is 1. The van der Waals surface area contributed by atoms with Crippen LogP contribution in [0, 0.1) is 0 Å². The van der Waals surface area contributed by atoms with Crippen molar-refractivity contribution in [3.05, 3.63) is 0 Å². The fourth-order valence-electron chi connectivity index (χ4n) is 0.929. The van der Waals surface area contributed by atoms with Crippen LogP contribution in [-0.2, 0) is 4.79 Å². The molecule has 0 aliphatic rings. The number of likely N-dealkylation sites (N-methyl/N-ethyl adjacent to an activating group) is 1. The molecule has 0 aliphatic heterocycles. The minimum Gasteiger partial charge on any atom is -0.387 e. The van der Waals surface area contributed by atoms with E-state index in [1.54, 1.807) is 0 Å². The van der Waals surface area contributed by atoms with Crippen LogP contribution in [0.3, 0.4) is 0 Å². The molecule has 4 nitrogen and oxygen atoms in total. The summed E-state index contributed by atoms with van der Waals surface area (Å²) in [6, 6.07) is 0. The lowest BCUT2D eigenvalue weighted by Crippen LogP contribution is -2.42. The molecule has 74 valence electrons. The van der Waals surface area contributed by atoms with Crippen LogP contribution >= 0.6 is 12.4 Å². The predicted molar refractivity (Wildman–Crippen MR) is 50.0 cm³/mol. The summed E-state index contributed by atoms with van der Waals surface area (Å²) in [7, 11) is 5.85. The van der Waals surface area contributed by atoms with Crippen molar-refractivity contribution in [2.75, 3.05) is 27.7 Å². The monoisotopic (exact) mass is 197 g/mol. The Morgan fingerprint density at radius 3 is 2.17 bits per heavy atom. The molecular weight excluding hydrogens is 180 g/mol. The Bertz CT molecular complexity index is 145. The van der Waals surface area contributed by atoms with Crippen molar-refractivity contribution in [1.82, 2.24) is 0 Å². The number of aliphatic hydroxyl groups excluding tert-OH is 1. The van der Waals surface area contributed by atoms with Crippen molar-refractivity contribution in [2.24, 2.45) is 5.73 Å². The molecule has 1 amide bonds. The number of nitrogens with zero attached hydrogens (tertiary/aromatic N) is 1. The van der Waals surface area contributed by atoms with E-state index >= 15 is 0 Å². The van der Waals surface area contributed by atoms with Crippen LogP contribution in [0.2, 0.25) is 0 Å². The third-order valence-corrected chi connectivity index (χ3v) is 1.20. The highest BCUT2D eigenvalue weighted by atomic mass is 35.5. The summed E-state index contributed by atoms with van der Waals surface area (Å²) in [4.78, 5) is 10.4. The van der Waals surface area contributed by atoms with Gasteiger partial charge in [0.1, 0.15) is 12.6 Å². The SMILES string of the molecule is C[N+](C)(C)CC(O)CC(N)=O.Cl. The fourth-order valence-corrected chi connectivity index (χ4v) is 0.929. The van der Waals surface area contributed by atoms with E-state index in [1.165, 1.54) is 0 Å². The molecule has 0 rings (SSSR count). The lowest BCUT2D eigenvalue weighted by atomic mass is 10.2. The molecule has 12 heavy (non-hydrogen) atoms. The third kappa shape index (κ3) is 9.68. The zero-order chi connectivity index (χ0) is 9.07. The first-order valence-corrected chi connectivity index (χ1v) is 3.58. The van der Waals surface area contributed by atoms with Gasteiger partial charge in [0.15, 0.2) is 0 Å². The van der Waals surface area contributed by atoms with Crippen molar-refractivity contribution in [1.29, 1.82) is 0 Å². The number of aliphatic hydroxyl groups is 1. The molecule has 3 N–H and O–H groups in total. The molecule has 0 radical (unpaired) electrons. The molecule has 0 saturated carbocycles. The first kappa shape index (κ1) is 14.2. The van der Waals surface area contributed by atoms with Gasteiger partial charge in [-0.3, -0.25) is 4.79 Å². The van der Waals surface area contributed by atoms with Gasteiger partial charge < -0.3 is 15.3 Å². The largest absolute Gasteiger partial charge is 0.387 e. The zero-order valence-electron chi connectivity index (χ0n) is 7.78. The Balaban J connectivity index is 0. The first-order valence-electron chi connectivity index (χ1n) is 3.58. The summed E-state index contributed by atoms with van der Waals surface area (Å²) >= 11 is 0. The molecule has 1 unspecified atom stereocenters. The molecule has 0 heterocycles. The number of carbonyl (C=O) groups is 1. The zero-order valence-corrected chi connectivity index (χ0v) is 8.60. The normalized spacial score (nSPS) is 13.3. The van der Waals surface area contributed by atoms with E-state index in [9.17, 15) is 9.90 Å². The van der Waals surface area contributed by atoms with Crippen molar-refractivity contribution in [2.45, 2.75) is 12.5 Å². The average Bonchev–Trinajstić information content (AvgIpc) is 1.53. The van der Waals surface area contributed by atoms with Crippen LogP contribution in [0.15, 0.2) is 0 Å². The minimum absolute atomic E-state index is 0. The summed E-state index contributed by atoms with van der Waals surface area (Å²) in [6.07, 6.45) is -0.567. The molecular formula is C7H18ClN2O2+. The number of nitrogens with two attached hydrogens (primary N) is 1. The predicted octanol–water partition coefficient (Wildman–Crippen LogP) is -0.649. The highest BCUT2D eigenvalue weighted by Gasteiger charge is 2.16. The summed E-state index contributed by atoms with van der Waals surface area (Å²) < 4.78 is 0.633. The Kier molecular flexibility index (Phi) is 6.34. The summed E-state index contributed by atoms with van der Waals surface area (Å²) in [6.45, 7) is 0.545. The molecule has 1 atom stereocenters. The Hall–Kier alpha value is -0.320. The van der Waals surface area contributed by atoms with Crippen LogP contribution in [0.5, 0.6) is 0 Å². The maximum absolute atomic E-state index is 10.4. The van der Waals surface area contributed by atoms with Crippen molar-refractivity contribution in [3.8, 4) is 0 Å². The Morgan fingerprint density at radius 1 is 1.50 bits per heavy atom. The molecule has 0 aromatic rings. The molecule has 0 aliphatic carbocycles. The van der Waals surface area contributed by atoms with Crippen LogP contribution in [0.4, 0.5) is 0 Å². The summed E-state index contributed by atoms with van der Waals surface area (Å²) in [5, 5.41) is 9.24. The van der Waals surface area contributed by atoms with E-state index < -0.39 is 12.0 Å². The Labute approximate surface area is 79.3 Å². The molecule has 0 saturated heterocycles. The van der Waals surface area contributed by atoms with Crippen molar-refractivity contribution in [3.63, 3.8) is 0 Å². The van der Waals surface area contributed by atoms with E-state index in [2.05, 4.69) is 0 Å². The van der Waals surface area contributed by atoms with Crippen LogP contribution in [-0.4, -0.2) is 49.3 Å². The van der Waals surface area contributed by atoms with Gasteiger partial charge in [-0.15, -0.1) is 12.4 Å². The van der Waals surface area contributed by atoms with E-state index in [-0.39, 0.29) is 18.8 Å². The molecule has 0 bridgehead atoms. The van der Waals surface area contributed by atoms with Gasteiger partial charge in [-0.05, 0) is 0 Å². The molecule has 0 spiro atoms. The van der Waals surface area contributed by atoms with Gasteiger partial charge in [0, 0.05) is 0 Å². The molecule has 0 fully saturated rings. The first-order chi connectivity index (χ1) is 4.81. The number of hydrogen-bond donors (Lipinski definition) is 2. The number of carbonyl (C=O) groups excluding carboxylic acids is 1. The van der Waals surface area contributed by atoms with Gasteiger partial charge in [0.05, 0.1) is 27.6 Å². The fraction of sp³-hybridized carbons (Fsp3) is 0.857. The van der Waals surface area contributed by atoms with Crippen LogP contribution in [0.25, 0.3) is 0 Å². The van der Waals surface area contributed by atoms with Crippen LogP contribution in [0.1, 0.15) is 6.42 Å². The lowest BCUT2D eigenvalue weighted by Gasteiger charge is -2.26. The third-order valence-electron chi connectivity index (χ3n) is 1.20. The summed E-state index contributed by atoms with van der Waals surface area (Å²) in [5.41, 5.74) is 4.91. The van der Waals surface area contributed by atoms with E-state index in [0.29, 0.717) is 11.0 Å². The van der Waals surface area contributed by atoms with Gasteiger partial charge in [0.2, 0.25) is 5.91 Å². The number of halogens is 1. The van der Waals surface area contributed by atoms with E-state index in [0.717, 1.165) is 0 Å². The van der Waals surface area contributed by atoms with E-state index in [1.807, 2.05) is 21.1 Å². The highest BCUT2D eigenvalue weighted by molar-refractivity contribution is 5.85. The van der Waals surface area contributed by atoms with Gasteiger partial charge in [-0.1, -0.05) is 0 Å². The molecule has 0 aromatic heterocycles. The van der Waals surface area contributed by atoms with Crippen molar-refractivity contribution < 1.29 is 14.4 Å². The quantitative estimate of drug-likeness (QED) is 0.589. The smallest absolute Gasteiger partial charge is 0.220 e. The van der Waals surface area contributed by atoms with Gasteiger partial charge in [0.25, 0.3) is 0 Å². The van der Waals surface area contributed by atoms with Crippen molar-refractivity contribution >= 4 is 18.3 Å². The highest BCUT2D eigenvalue weighted by Crippen LogP contribution is 1.97. The van der Waals surface area contributed by atoms with Crippen LogP contribution < -0.4 is 5.73 Å². The second-order valence-corrected chi connectivity index (χ2v) is 3.80. The second-order valence-electron chi connectivity index (χ2n) is 3.80. The maximum atomic E-state index is 10.4. The number of rotatable bonds is 4. The molecule has 5 heteroatoms. The van der Waals surface area contributed by atoms with E-state index in [4.69, 9.17) is 5.73 Å².